The van der Waals surface area contributed by atoms with Gasteiger partial charge in [0.2, 0.25) is 5.76 Å². The van der Waals surface area contributed by atoms with Gasteiger partial charge in [-0.25, -0.2) is 4.79 Å². The van der Waals surface area contributed by atoms with E-state index in [4.69, 9.17) is 4.42 Å². The van der Waals surface area contributed by atoms with Gasteiger partial charge >= 0.3 is 5.97 Å². The van der Waals surface area contributed by atoms with Crippen molar-refractivity contribution < 1.29 is 31.3 Å². The number of carbonyl (C=O) groups is 1. The third kappa shape index (κ3) is 4.35. The fourth-order valence-electron chi connectivity index (χ4n) is 1.96. The van der Waals surface area contributed by atoms with E-state index in [-0.39, 0.29) is 18.2 Å². The third-order valence-electron chi connectivity index (χ3n) is 2.91. The molecule has 0 fully saturated rings. The highest BCUT2D eigenvalue weighted by molar-refractivity contribution is 5.86. The summed E-state index contributed by atoms with van der Waals surface area (Å²) in [7, 11) is 1.35. The first-order chi connectivity index (χ1) is 7.95. The van der Waals surface area contributed by atoms with Gasteiger partial charge in [0.05, 0.1) is 19.2 Å². The molecule has 0 amide bonds. The Bertz CT molecular complexity index is 366. The smallest absolute Gasteiger partial charge is 0.373 e. The average Bonchev–Trinajstić information content (AvgIpc) is 2.72. The molecule has 0 aliphatic carbocycles. The van der Waals surface area contributed by atoms with Crippen LogP contribution < -0.4 is 17.3 Å². The van der Waals surface area contributed by atoms with Crippen molar-refractivity contribution in [2.24, 2.45) is 0 Å². The molecule has 1 rings (SSSR count). The monoisotopic (exact) mass is 275 g/mol. The molecule has 1 aromatic heterocycles. The maximum Gasteiger partial charge on any atom is 0.373 e. The number of hydrogen-bond acceptors (Lipinski definition) is 3. The molecule has 0 saturated carbocycles. The molecule has 0 atom stereocenters. The quantitative estimate of drug-likeness (QED) is 0.650. The van der Waals surface area contributed by atoms with Crippen molar-refractivity contribution in [1.29, 1.82) is 0 Å². The molecular weight excluding hydrogens is 254 g/mol. The van der Waals surface area contributed by atoms with Crippen molar-refractivity contribution >= 4 is 5.97 Å². The van der Waals surface area contributed by atoms with Crippen LogP contribution in [0, 0.1) is 0 Å². The predicted octanol–water partition coefficient (Wildman–Crippen LogP) is -1.73. The van der Waals surface area contributed by atoms with Gasteiger partial charge in [0.25, 0.3) is 0 Å². The topological polar surface area (TPSA) is 43.9 Å². The Morgan fingerprint density at radius 3 is 2.28 bits per heavy atom. The summed E-state index contributed by atoms with van der Waals surface area (Å²) in [6.07, 6.45) is 0. The zero-order valence-electron chi connectivity index (χ0n) is 11.6. The first-order valence-corrected chi connectivity index (χ1v) is 5.98. The molecular formula is C13H22ClNO3. The standard InChI is InChI=1S/C13H21NO3.ClH/c1-9(2)14(10(3)4)8-11-6-7-12(17-11)13(15)16-5;/h6-7,9-10H,8H2,1-5H3;1H. The van der Waals surface area contributed by atoms with Gasteiger partial charge in [0.15, 0.2) is 5.76 Å². The lowest BCUT2D eigenvalue weighted by atomic mass is 10.2. The first kappa shape index (κ1) is 17.0. The van der Waals surface area contributed by atoms with Gasteiger partial charge in [-0.3, -0.25) is 0 Å². The molecule has 1 heterocycles. The average molecular weight is 276 g/mol. The molecule has 0 radical (unpaired) electrons. The van der Waals surface area contributed by atoms with Crippen LogP contribution in [0.5, 0.6) is 0 Å². The zero-order chi connectivity index (χ0) is 13.0. The van der Waals surface area contributed by atoms with Crippen molar-refractivity contribution in [1.82, 2.24) is 0 Å². The first-order valence-electron chi connectivity index (χ1n) is 5.98. The summed E-state index contributed by atoms with van der Waals surface area (Å²) in [5.41, 5.74) is 0. The molecule has 1 N–H and O–H groups in total. The molecule has 0 aliphatic heterocycles. The second-order valence-corrected chi connectivity index (χ2v) is 4.82. The summed E-state index contributed by atoms with van der Waals surface area (Å²) >= 11 is 0. The number of rotatable bonds is 5. The lowest BCUT2D eigenvalue weighted by molar-refractivity contribution is -0.956. The van der Waals surface area contributed by atoms with Gasteiger partial charge in [-0.1, -0.05) is 0 Å². The largest absolute Gasteiger partial charge is 1.00 e. The maximum atomic E-state index is 11.3. The highest BCUT2D eigenvalue weighted by Gasteiger charge is 2.20. The Morgan fingerprint density at radius 2 is 1.83 bits per heavy atom. The number of halogens is 1. The van der Waals surface area contributed by atoms with Crippen LogP contribution >= 0.6 is 0 Å². The number of esters is 1. The Labute approximate surface area is 115 Å². The Balaban J connectivity index is 0.00000289. The molecule has 0 spiro atoms. The Kier molecular flexibility index (Phi) is 7.02. The van der Waals surface area contributed by atoms with E-state index in [0.717, 1.165) is 12.3 Å². The van der Waals surface area contributed by atoms with E-state index in [1.807, 2.05) is 6.07 Å². The number of nitrogens with one attached hydrogen (secondary N) is 1. The van der Waals surface area contributed by atoms with Crippen LogP contribution in [0.1, 0.15) is 44.0 Å². The number of carbonyl (C=O) groups excluding carboxylic acids is 1. The fourth-order valence-corrected chi connectivity index (χ4v) is 1.96. The molecule has 18 heavy (non-hydrogen) atoms. The molecule has 0 aliphatic rings. The molecule has 0 saturated heterocycles. The number of quaternary nitrogens is 1. The predicted molar refractivity (Wildman–Crippen MR) is 65.0 cm³/mol. The SMILES string of the molecule is COC(=O)c1ccc(C[NH+](C(C)C)C(C)C)o1.[Cl-]. The minimum absolute atomic E-state index is 0. The van der Waals surface area contributed by atoms with E-state index in [1.165, 1.54) is 12.0 Å². The van der Waals surface area contributed by atoms with E-state index in [1.54, 1.807) is 6.07 Å². The summed E-state index contributed by atoms with van der Waals surface area (Å²) in [5.74, 6) is 0.670. The van der Waals surface area contributed by atoms with Crippen molar-refractivity contribution in [3.05, 3.63) is 23.7 Å². The van der Waals surface area contributed by atoms with Crippen LogP contribution in [-0.2, 0) is 11.3 Å². The van der Waals surface area contributed by atoms with E-state index in [2.05, 4.69) is 32.4 Å². The number of furan rings is 1. The highest BCUT2D eigenvalue weighted by Crippen LogP contribution is 2.08. The van der Waals surface area contributed by atoms with Gasteiger partial charge in [0, 0.05) is 0 Å². The number of hydrogen-bond donors (Lipinski definition) is 1. The van der Waals surface area contributed by atoms with Crippen molar-refractivity contribution in [2.75, 3.05) is 7.11 Å². The lowest BCUT2D eigenvalue weighted by Crippen LogP contribution is -3.16. The second-order valence-electron chi connectivity index (χ2n) is 4.82. The molecule has 4 nitrogen and oxygen atoms in total. The van der Waals surface area contributed by atoms with Gasteiger partial charge < -0.3 is 26.5 Å². The fraction of sp³-hybridized carbons (Fsp3) is 0.615. The molecule has 0 unspecified atom stereocenters. The van der Waals surface area contributed by atoms with Crippen molar-refractivity contribution in [2.45, 2.75) is 46.3 Å². The summed E-state index contributed by atoms with van der Waals surface area (Å²) < 4.78 is 10.1. The summed E-state index contributed by atoms with van der Waals surface area (Å²) in [6, 6.07) is 4.54. The number of ether oxygens (including phenoxy) is 1. The van der Waals surface area contributed by atoms with Crippen molar-refractivity contribution in [3.63, 3.8) is 0 Å². The van der Waals surface area contributed by atoms with Crippen LogP contribution in [0.4, 0.5) is 0 Å². The Morgan fingerprint density at radius 1 is 1.28 bits per heavy atom. The van der Waals surface area contributed by atoms with Crippen LogP contribution in [0.2, 0.25) is 0 Å². The molecule has 0 bridgehead atoms. The van der Waals surface area contributed by atoms with Gasteiger partial charge in [-0.2, -0.15) is 0 Å². The van der Waals surface area contributed by atoms with Gasteiger partial charge in [0.1, 0.15) is 6.54 Å². The van der Waals surface area contributed by atoms with E-state index < -0.39 is 5.97 Å². The lowest BCUT2D eigenvalue weighted by Gasteiger charge is -2.26. The normalized spacial score (nSPS) is 10.9. The van der Waals surface area contributed by atoms with Crippen LogP contribution in [0.3, 0.4) is 0 Å². The molecule has 1 aromatic rings. The molecule has 0 aromatic carbocycles. The van der Waals surface area contributed by atoms with E-state index in [9.17, 15) is 4.79 Å². The minimum Gasteiger partial charge on any atom is -1.00 e. The highest BCUT2D eigenvalue weighted by atomic mass is 35.5. The minimum atomic E-state index is -0.424. The van der Waals surface area contributed by atoms with E-state index >= 15 is 0 Å². The van der Waals surface area contributed by atoms with Crippen LogP contribution in [0.25, 0.3) is 0 Å². The molecule has 5 heteroatoms. The van der Waals surface area contributed by atoms with E-state index in [0.29, 0.717) is 12.1 Å². The summed E-state index contributed by atoms with van der Waals surface area (Å²) in [6.45, 7) is 9.50. The second kappa shape index (κ2) is 7.44. The van der Waals surface area contributed by atoms with Crippen LogP contribution in [-0.4, -0.2) is 25.2 Å². The van der Waals surface area contributed by atoms with Gasteiger partial charge in [-0.05, 0) is 39.8 Å². The molecule has 104 valence electrons. The summed E-state index contributed by atoms with van der Waals surface area (Å²) in [4.78, 5) is 12.7. The van der Waals surface area contributed by atoms with Gasteiger partial charge in [-0.15, -0.1) is 0 Å². The zero-order valence-corrected chi connectivity index (χ0v) is 12.4. The Hall–Kier alpha value is -1.00. The van der Waals surface area contributed by atoms with Crippen molar-refractivity contribution in [3.8, 4) is 0 Å². The van der Waals surface area contributed by atoms with Crippen LogP contribution in [0.15, 0.2) is 16.5 Å². The number of methoxy groups -OCH3 is 1. The summed E-state index contributed by atoms with van der Waals surface area (Å²) in [5, 5.41) is 0. The third-order valence-corrected chi connectivity index (χ3v) is 2.91. The maximum absolute atomic E-state index is 11.3.